The van der Waals surface area contributed by atoms with Crippen molar-refractivity contribution in [2.24, 2.45) is 5.10 Å². The van der Waals surface area contributed by atoms with Crippen LogP contribution in [0.3, 0.4) is 0 Å². The lowest BCUT2D eigenvalue weighted by atomic mass is 10.1. The third kappa shape index (κ3) is 3.46. The molecule has 5 heteroatoms. The van der Waals surface area contributed by atoms with Crippen LogP contribution in [-0.2, 0) is 4.79 Å². The maximum atomic E-state index is 11.9. The minimum absolute atomic E-state index is 0.0739. The Morgan fingerprint density at radius 3 is 2.75 bits per heavy atom. The Bertz CT molecular complexity index is 896. The quantitative estimate of drug-likeness (QED) is 0.559. The van der Waals surface area contributed by atoms with Gasteiger partial charge in [-0.3, -0.25) is 4.79 Å². The van der Waals surface area contributed by atoms with Gasteiger partial charge in [0.2, 0.25) is 0 Å². The fraction of sp³-hybridized carbons (Fsp3) is 0.158. The predicted molar refractivity (Wildman–Crippen MR) is 95.3 cm³/mol. The molecule has 122 valence electrons. The molecule has 0 bridgehead atoms. The number of aryl methyl sites for hydroxylation is 1. The predicted octanol–water partition coefficient (Wildman–Crippen LogP) is 3.40. The van der Waals surface area contributed by atoms with Gasteiger partial charge in [0.25, 0.3) is 5.91 Å². The topological polar surface area (TPSA) is 66.5 Å². The number of ether oxygens (including phenoxy) is 1. The molecule has 0 atom stereocenters. The number of carbonyl (C=O) groups excluding carboxylic acids is 1. The number of hydrogen-bond donors (Lipinski definition) is 2. The summed E-state index contributed by atoms with van der Waals surface area (Å²) in [5.74, 6) is 0.405. The van der Waals surface area contributed by atoms with Crippen molar-refractivity contribution in [2.45, 2.75) is 13.8 Å². The lowest BCUT2D eigenvalue weighted by molar-refractivity contribution is -0.123. The van der Waals surface area contributed by atoms with Gasteiger partial charge in [0.15, 0.2) is 6.61 Å². The van der Waals surface area contributed by atoms with Crippen LogP contribution in [0.1, 0.15) is 18.1 Å². The second-order valence-corrected chi connectivity index (χ2v) is 5.53. The lowest BCUT2D eigenvalue weighted by Gasteiger charge is -2.07. The van der Waals surface area contributed by atoms with Crippen LogP contribution in [-0.4, -0.2) is 23.2 Å². The van der Waals surface area contributed by atoms with Gasteiger partial charge in [0.1, 0.15) is 5.75 Å². The number of carbonyl (C=O) groups is 1. The smallest absolute Gasteiger partial charge is 0.277 e. The number of amides is 1. The Hall–Kier alpha value is -3.08. The number of nitrogens with zero attached hydrogens (tertiary/aromatic N) is 1. The molecule has 3 aromatic rings. The fourth-order valence-electron chi connectivity index (χ4n) is 2.47. The van der Waals surface area contributed by atoms with E-state index in [0.29, 0.717) is 5.75 Å². The van der Waals surface area contributed by atoms with Crippen molar-refractivity contribution < 1.29 is 9.53 Å². The van der Waals surface area contributed by atoms with Crippen LogP contribution in [0.5, 0.6) is 5.75 Å². The van der Waals surface area contributed by atoms with Gasteiger partial charge in [-0.15, -0.1) is 0 Å². The summed E-state index contributed by atoms with van der Waals surface area (Å²) in [7, 11) is 0. The molecule has 3 rings (SSSR count). The SMILES string of the molecule is C/C(=N/NC(=O)COc1ccccc1C)c1c[nH]c2ccccc12. The molecule has 5 nitrogen and oxygen atoms in total. The lowest BCUT2D eigenvalue weighted by Crippen LogP contribution is -2.25. The molecule has 0 aliphatic carbocycles. The first-order chi connectivity index (χ1) is 11.6. The molecule has 0 saturated carbocycles. The number of benzene rings is 2. The van der Waals surface area contributed by atoms with E-state index < -0.39 is 0 Å². The van der Waals surface area contributed by atoms with Gasteiger partial charge in [-0.2, -0.15) is 5.10 Å². The van der Waals surface area contributed by atoms with Crippen LogP contribution in [0, 0.1) is 6.92 Å². The third-order valence-electron chi connectivity index (χ3n) is 3.78. The Morgan fingerprint density at radius 1 is 1.17 bits per heavy atom. The molecule has 1 heterocycles. The summed E-state index contributed by atoms with van der Waals surface area (Å²) in [6, 6.07) is 15.5. The van der Waals surface area contributed by atoms with E-state index in [1.807, 2.05) is 68.6 Å². The van der Waals surface area contributed by atoms with Crippen LogP contribution < -0.4 is 10.2 Å². The zero-order chi connectivity index (χ0) is 16.9. The number of hydrazone groups is 1. The van der Waals surface area contributed by atoms with Gasteiger partial charge in [-0.25, -0.2) is 5.43 Å². The van der Waals surface area contributed by atoms with E-state index in [1.165, 1.54) is 0 Å². The van der Waals surface area contributed by atoms with Crippen molar-refractivity contribution in [2.75, 3.05) is 6.61 Å². The highest BCUT2D eigenvalue weighted by Crippen LogP contribution is 2.18. The second kappa shape index (κ2) is 7.00. The number of hydrogen-bond acceptors (Lipinski definition) is 3. The van der Waals surface area contributed by atoms with E-state index in [0.717, 1.165) is 27.7 Å². The van der Waals surface area contributed by atoms with E-state index in [1.54, 1.807) is 0 Å². The molecule has 0 saturated heterocycles. The van der Waals surface area contributed by atoms with Crippen LogP contribution in [0.15, 0.2) is 59.8 Å². The van der Waals surface area contributed by atoms with E-state index in [2.05, 4.69) is 15.5 Å². The first kappa shape index (κ1) is 15.8. The van der Waals surface area contributed by atoms with Gasteiger partial charge in [-0.1, -0.05) is 36.4 Å². The molecule has 0 aliphatic rings. The van der Waals surface area contributed by atoms with Gasteiger partial charge in [-0.05, 0) is 31.5 Å². The molecular weight excluding hydrogens is 302 g/mol. The minimum Gasteiger partial charge on any atom is -0.483 e. The Labute approximate surface area is 140 Å². The molecule has 0 unspecified atom stereocenters. The molecule has 0 aliphatic heterocycles. The number of fused-ring (bicyclic) bond motifs is 1. The highest BCUT2D eigenvalue weighted by atomic mass is 16.5. The Kier molecular flexibility index (Phi) is 4.61. The van der Waals surface area contributed by atoms with E-state index in [-0.39, 0.29) is 12.5 Å². The highest BCUT2D eigenvalue weighted by molar-refractivity contribution is 6.09. The molecule has 1 aromatic heterocycles. The summed E-state index contributed by atoms with van der Waals surface area (Å²) in [4.78, 5) is 15.1. The number of aromatic amines is 1. The van der Waals surface area contributed by atoms with Crippen molar-refractivity contribution in [3.8, 4) is 5.75 Å². The Morgan fingerprint density at radius 2 is 1.92 bits per heavy atom. The fourth-order valence-corrected chi connectivity index (χ4v) is 2.47. The summed E-state index contributed by atoms with van der Waals surface area (Å²) in [5, 5.41) is 5.24. The van der Waals surface area contributed by atoms with Crippen LogP contribution in [0.2, 0.25) is 0 Å². The summed E-state index contributed by atoms with van der Waals surface area (Å²) >= 11 is 0. The molecule has 0 fully saturated rings. The zero-order valence-corrected chi connectivity index (χ0v) is 13.7. The average molecular weight is 321 g/mol. The first-order valence-corrected chi connectivity index (χ1v) is 7.73. The standard InChI is InChI=1S/C19H19N3O2/c1-13-7-3-6-10-18(13)24-12-19(23)22-21-14(2)16-11-20-17-9-5-4-8-15(16)17/h3-11,20H,12H2,1-2H3,(H,22,23)/b21-14-. The zero-order valence-electron chi connectivity index (χ0n) is 13.7. The first-order valence-electron chi connectivity index (χ1n) is 7.73. The third-order valence-corrected chi connectivity index (χ3v) is 3.78. The van der Waals surface area contributed by atoms with Crippen molar-refractivity contribution >= 4 is 22.5 Å². The highest BCUT2D eigenvalue weighted by Gasteiger charge is 2.07. The number of H-pyrrole nitrogens is 1. The van der Waals surface area contributed by atoms with Gasteiger partial charge in [0, 0.05) is 22.7 Å². The van der Waals surface area contributed by atoms with Crippen molar-refractivity contribution in [3.05, 3.63) is 65.9 Å². The average Bonchev–Trinajstić information content (AvgIpc) is 3.03. The monoisotopic (exact) mass is 321 g/mol. The molecular formula is C19H19N3O2. The molecule has 0 radical (unpaired) electrons. The minimum atomic E-state index is -0.294. The summed E-state index contributed by atoms with van der Waals surface area (Å²) < 4.78 is 5.50. The van der Waals surface area contributed by atoms with E-state index >= 15 is 0 Å². The number of para-hydroxylation sites is 2. The number of rotatable bonds is 5. The molecule has 2 aromatic carbocycles. The van der Waals surface area contributed by atoms with E-state index in [4.69, 9.17) is 4.74 Å². The largest absolute Gasteiger partial charge is 0.483 e. The van der Waals surface area contributed by atoms with Gasteiger partial charge in [0.05, 0.1) is 5.71 Å². The maximum absolute atomic E-state index is 11.9. The van der Waals surface area contributed by atoms with Gasteiger partial charge < -0.3 is 9.72 Å². The van der Waals surface area contributed by atoms with Crippen LogP contribution in [0.4, 0.5) is 0 Å². The Balaban J connectivity index is 1.62. The summed E-state index contributed by atoms with van der Waals surface area (Å²) in [5.41, 5.74) is 6.26. The summed E-state index contributed by atoms with van der Waals surface area (Å²) in [6.45, 7) is 3.72. The molecule has 24 heavy (non-hydrogen) atoms. The maximum Gasteiger partial charge on any atom is 0.277 e. The van der Waals surface area contributed by atoms with Crippen LogP contribution in [0.25, 0.3) is 10.9 Å². The summed E-state index contributed by atoms with van der Waals surface area (Å²) in [6.07, 6.45) is 1.89. The molecule has 1 amide bonds. The molecule has 2 N–H and O–H groups in total. The number of aromatic nitrogens is 1. The van der Waals surface area contributed by atoms with E-state index in [9.17, 15) is 4.79 Å². The van der Waals surface area contributed by atoms with Crippen molar-refractivity contribution in [1.29, 1.82) is 0 Å². The van der Waals surface area contributed by atoms with Gasteiger partial charge >= 0.3 is 0 Å². The van der Waals surface area contributed by atoms with Crippen LogP contribution >= 0.6 is 0 Å². The molecule has 0 spiro atoms. The normalized spacial score (nSPS) is 11.5. The van der Waals surface area contributed by atoms with Crippen molar-refractivity contribution in [3.63, 3.8) is 0 Å². The second-order valence-electron chi connectivity index (χ2n) is 5.53. The van der Waals surface area contributed by atoms with Crippen molar-refractivity contribution in [1.82, 2.24) is 10.4 Å². The number of nitrogens with one attached hydrogen (secondary N) is 2.